The molecule has 2 heterocycles. The van der Waals surface area contributed by atoms with Crippen LogP contribution in [0.15, 0.2) is 29.4 Å². The maximum absolute atomic E-state index is 9.01. The SMILES string of the molecule is OCc1cncn1CCc1ccsc1. The van der Waals surface area contributed by atoms with Crippen molar-refractivity contribution in [2.75, 3.05) is 0 Å². The van der Waals surface area contributed by atoms with E-state index in [1.165, 1.54) is 5.56 Å². The molecular formula is C10H12N2OS. The van der Waals surface area contributed by atoms with Crippen molar-refractivity contribution in [1.82, 2.24) is 9.55 Å². The number of rotatable bonds is 4. The first-order chi connectivity index (χ1) is 6.90. The van der Waals surface area contributed by atoms with Crippen LogP contribution in [0.4, 0.5) is 0 Å². The monoisotopic (exact) mass is 208 g/mol. The summed E-state index contributed by atoms with van der Waals surface area (Å²) < 4.78 is 1.98. The summed E-state index contributed by atoms with van der Waals surface area (Å²) in [6, 6.07) is 2.13. The molecule has 0 unspecified atom stereocenters. The van der Waals surface area contributed by atoms with Gasteiger partial charge in [0.15, 0.2) is 0 Å². The molecule has 1 N–H and O–H groups in total. The van der Waals surface area contributed by atoms with E-state index in [0.717, 1.165) is 18.7 Å². The lowest BCUT2D eigenvalue weighted by molar-refractivity contribution is 0.270. The number of imidazole rings is 1. The number of aliphatic hydroxyl groups excluding tert-OH is 1. The van der Waals surface area contributed by atoms with Crippen LogP contribution >= 0.6 is 11.3 Å². The largest absolute Gasteiger partial charge is 0.390 e. The lowest BCUT2D eigenvalue weighted by Crippen LogP contribution is -2.03. The molecule has 0 aromatic carbocycles. The average molecular weight is 208 g/mol. The van der Waals surface area contributed by atoms with E-state index in [4.69, 9.17) is 5.11 Å². The zero-order chi connectivity index (χ0) is 9.80. The summed E-state index contributed by atoms with van der Waals surface area (Å²) >= 11 is 1.71. The van der Waals surface area contributed by atoms with Crippen molar-refractivity contribution in [3.8, 4) is 0 Å². The minimum Gasteiger partial charge on any atom is -0.390 e. The highest BCUT2D eigenvalue weighted by Crippen LogP contribution is 2.08. The number of thiophene rings is 1. The second-order valence-corrected chi connectivity index (χ2v) is 3.90. The van der Waals surface area contributed by atoms with E-state index in [-0.39, 0.29) is 6.61 Å². The zero-order valence-corrected chi connectivity index (χ0v) is 8.57. The molecule has 0 aliphatic heterocycles. The van der Waals surface area contributed by atoms with E-state index >= 15 is 0 Å². The fourth-order valence-electron chi connectivity index (χ4n) is 1.37. The number of nitrogens with zero attached hydrogens (tertiary/aromatic N) is 2. The molecule has 0 aliphatic rings. The molecule has 2 aromatic rings. The third-order valence-electron chi connectivity index (χ3n) is 2.18. The molecule has 0 aliphatic carbocycles. The standard InChI is InChI=1S/C10H12N2OS/c13-6-10-5-11-8-12(10)3-1-9-2-4-14-7-9/h2,4-5,7-8,13H,1,3,6H2. The Morgan fingerprint density at radius 2 is 2.43 bits per heavy atom. The van der Waals surface area contributed by atoms with Crippen molar-refractivity contribution in [1.29, 1.82) is 0 Å². The summed E-state index contributed by atoms with van der Waals surface area (Å²) in [5, 5.41) is 13.2. The van der Waals surface area contributed by atoms with Gasteiger partial charge in [0.1, 0.15) is 0 Å². The Kier molecular flexibility index (Phi) is 2.96. The summed E-state index contributed by atoms with van der Waals surface area (Å²) in [4.78, 5) is 4.00. The molecule has 0 spiro atoms. The molecule has 0 saturated carbocycles. The maximum atomic E-state index is 9.01. The van der Waals surface area contributed by atoms with Crippen LogP contribution in [-0.4, -0.2) is 14.7 Å². The Labute approximate surface area is 86.7 Å². The fourth-order valence-corrected chi connectivity index (χ4v) is 2.07. The van der Waals surface area contributed by atoms with Gasteiger partial charge in [0.2, 0.25) is 0 Å². The fraction of sp³-hybridized carbons (Fsp3) is 0.300. The van der Waals surface area contributed by atoms with Gasteiger partial charge in [-0.3, -0.25) is 0 Å². The Balaban J connectivity index is 1.98. The van der Waals surface area contributed by atoms with Crippen molar-refractivity contribution >= 4 is 11.3 Å². The first-order valence-corrected chi connectivity index (χ1v) is 5.45. The molecule has 0 saturated heterocycles. The van der Waals surface area contributed by atoms with Gasteiger partial charge in [-0.25, -0.2) is 4.98 Å². The molecule has 74 valence electrons. The average Bonchev–Trinajstić information content (AvgIpc) is 2.85. The highest BCUT2D eigenvalue weighted by atomic mass is 32.1. The van der Waals surface area contributed by atoms with Crippen molar-refractivity contribution < 1.29 is 5.11 Å². The highest BCUT2D eigenvalue weighted by molar-refractivity contribution is 7.07. The predicted molar refractivity (Wildman–Crippen MR) is 56.2 cm³/mol. The molecule has 2 aromatic heterocycles. The van der Waals surface area contributed by atoms with Gasteiger partial charge < -0.3 is 9.67 Å². The summed E-state index contributed by atoms with van der Waals surface area (Å²) in [6.07, 6.45) is 4.46. The molecule has 0 atom stereocenters. The lowest BCUT2D eigenvalue weighted by atomic mass is 10.2. The van der Waals surface area contributed by atoms with Gasteiger partial charge in [-0.15, -0.1) is 0 Å². The van der Waals surface area contributed by atoms with Gasteiger partial charge in [-0.2, -0.15) is 11.3 Å². The van der Waals surface area contributed by atoms with Crippen LogP contribution in [0.1, 0.15) is 11.3 Å². The Bertz CT molecular complexity index is 380. The summed E-state index contributed by atoms with van der Waals surface area (Å²) in [7, 11) is 0. The quantitative estimate of drug-likeness (QED) is 0.830. The van der Waals surface area contributed by atoms with E-state index in [9.17, 15) is 0 Å². The van der Waals surface area contributed by atoms with E-state index in [2.05, 4.69) is 21.8 Å². The maximum Gasteiger partial charge on any atom is 0.0948 e. The van der Waals surface area contributed by atoms with Crippen molar-refractivity contribution in [3.05, 3.63) is 40.6 Å². The lowest BCUT2D eigenvalue weighted by Gasteiger charge is -2.04. The van der Waals surface area contributed by atoms with Crippen LogP contribution in [0.5, 0.6) is 0 Å². The summed E-state index contributed by atoms with van der Waals surface area (Å²) in [5.74, 6) is 0. The van der Waals surface area contributed by atoms with Crippen molar-refractivity contribution in [3.63, 3.8) is 0 Å². The van der Waals surface area contributed by atoms with Crippen molar-refractivity contribution in [2.24, 2.45) is 0 Å². The molecule has 3 nitrogen and oxygen atoms in total. The Morgan fingerprint density at radius 3 is 3.14 bits per heavy atom. The van der Waals surface area contributed by atoms with Crippen LogP contribution < -0.4 is 0 Å². The topological polar surface area (TPSA) is 38.1 Å². The first kappa shape index (κ1) is 9.43. The van der Waals surface area contributed by atoms with Crippen molar-refractivity contribution in [2.45, 2.75) is 19.6 Å². The highest BCUT2D eigenvalue weighted by Gasteiger charge is 2.00. The van der Waals surface area contributed by atoms with Crippen LogP contribution in [0.25, 0.3) is 0 Å². The van der Waals surface area contributed by atoms with Crippen LogP contribution in [-0.2, 0) is 19.6 Å². The summed E-state index contributed by atoms with van der Waals surface area (Å²) in [6.45, 7) is 0.941. The number of hydrogen-bond acceptors (Lipinski definition) is 3. The molecule has 14 heavy (non-hydrogen) atoms. The molecule has 0 amide bonds. The smallest absolute Gasteiger partial charge is 0.0948 e. The van der Waals surface area contributed by atoms with Gasteiger partial charge in [0.05, 0.1) is 24.8 Å². The molecule has 0 bridgehead atoms. The zero-order valence-electron chi connectivity index (χ0n) is 7.76. The van der Waals surface area contributed by atoms with E-state index in [0.29, 0.717) is 0 Å². The van der Waals surface area contributed by atoms with Gasteiger partial charge in [0.25, 0.3) is 0 Å². The van der Waals surface area contributed by atoms with Gasteiger partial charge in [0, 0.05) is 6.54 Å². The second-order valence-electron chi connectivity index (χ2n) is 3.12. The molecule has 0 fully saturated rings. The summed E-state index contributed by atoms with van der Waals surface area (Å²) in [5.41, 5.74) is 2.22. The Morgan fingerprint density at radius 1 is 1.50 bits per heavy atom. The van der Waals surface area contributed by atoms with Crippen LogP contribution in [0.3, 0.4) is 0 Å². The van der Waals surface area contributed by atoms with Gasteiger partial charge in [-0.05, 0) is 28.8 Å². The molecule has 0 radical (unpaired) electrons. The number of hydrogen-bond donors (Lipinski definition) is 1. The minimum absolute atomic E-state index is 0.0592. The number of aryl methyl sites for hydroxylation is 2. The van der Waals surface area contributed by atoms with Crippen LogP contribution in [0.2, 0.25) is 0 Å². The molecular weight excluding hydrogens is 196 g/mol. The van der Waals surface area contributed by atoms with E-state index < -0.39 is 0 Å². The van der Waals surface area contributed by atoms with Gasteiger partial charge in [-0.1, -0.05) is 0 Å². The third kappa shape index (κ3) is 2.02. The predicted octanol–water partition coefficient (Wildman–Crippen LogP) is 1.68. The van der Waals surface area contributed by atoms with E-state index in [1.54, 1.807) is 23.9 Å². The van der Waals surface area contributed by atoms with E-state index in [1.807, 2.05) is 4.57 Å². The third-order valence-corrected chi connectivity index (χ3v) is 2.91. The second kappa shape index (κ2) is 4.39. The Hall–Kier alpha value is -1.13. The number of aliphatic hydroxyl groups is 1. The van der Waals surface area contributed by atoms with Crippen LogP contribution in [0, 0.1) is 0 Å². The van der Waals surface area contributed by atoms with Gasteiger partial charge >= 0.3 is 0 Å². The number of aromatic nitrogens is 2. The minimum atomic E-state index is 0.0592. The molecule has 2 rings (SSSR count). The first-order valence-electron chi connectivity index (χ1n) is 4.51. The normalized spacial score (nSPS) is 10.6. The molecule has 4 heteroatoms.